The molecule has 0 saturated carbocycles. The molecule has 2 aromatic carbocycles. The molecule has 0 radical (unpaired) electrons. The zero-order valence-electron chi connectivity index (χ0n) is 10.9. The van der Waals surface area contributed by atoms with Gasteiger partial charge in [0.05, 0.1) is 15.6 Å². The molecule has 0 fully saturated rings. The minimum Gasteiger partial charge on any atom is -0.489 e. The molecule has 21 heavy (non-hydrogen) atoms. The van der Waals surface area contributed by atoms with Gasteiger partial charge in [0.1, 0.15) is 24.8 Å². The molecule has 0 unspecified atom stereocenters. The number of aliphatic hydroxyl groups is 1. The van der Waals surface area contributed by atoms with E-state index in [9.17, 15) is 4.39 Å². The quantitative estimate of drug-likeness (QED) is 0.863. The second-order valence-corrected chi connectivity index (χ2v) is 4.95. The van der Waals surface area contributed by atoms with E-state index in [0.29, 0.717) is 15.8 Å². The van der Waals surface area contributed by atoms with Crippen molar-refractivity contribution in [2.75, 3.05) is 6.61 Å². The Morgan fingerprint density at radius 2 is 1.90 bits per heavy atom. The molecule has 0 atom stereocenters. The summed E-state index contributed by atoms with van der Waals surface area (Å²) in [6.07, 6.45) is 0. The molecule has 108 valence electrons. The molecule has 5 heteroatoms. The van der Waals surface area contributed by atoms with Gasteiger partial charge in [-0.05, 0) is 29.8 Å². The summed E-state index contributed by atoms with van der Waals surface area (Å²) in [4.78, 5) is 0. The maximum atomic E-state index is 13.5. The highest BCUT2D eigenvalue weighted by Crippen LogP contribution is 2.26. The van der Waals surface area contributed by atoms with E-state index in [0.717, 1.165) is 5.56 Å². The van der Waals surface area contributed by atoms with E-state index < -0.39 is 5.82 Å². The number of hydrogen-bond acceptors (Lipinski definition) is 2. The van der Waals surface area contributed by atoms with Gasteiger partial charge in [-0.1, -0.05) is 41.1 Å². The van der Waals surface area contributed by atoms with Crippen LogP contribution in [0.3, 0.4) is 0 Å². The predicted octanol–water partition coefficient (Wildman–Crippen LogP) is 4.06. The van der Waals surface area contributed by atoms with Crippen LogP contribution in [0.2, 0.25) is 10.0 Å². The number of aliphatic hydroxyl groups excluding tert-OH is 1. The third kappa shape index (κ3) is 4.37. The molecule has 0 bridgehead atoms. The molecule has 2 aromatic rings. The Labute approximate surface area is 132 Å². The zero-order chi connectivity index (χ0) is 15.2. The van der Waals surface area contributed by atoms with Gasteiger partial charge in [-0.25, -0.2) is 4.39 Å². The number of ether oxygens (including phenoxy) is 1. The van der Waals surface area contributed by atoms with Gasteiger partial charge >= 0.3 is 0 Å². The summed E-state index contributed by atoms with van der Waals surface area (Å²) in [5, 5.41) is 9.50. The molecule has 2 rings (SSSR count). The number of hydrogen-bond donors (Lipinski definition) is 1. The second kappa shape index (κ2) is 7.33. The Hall–Kier alpha value is -1.73. The first-order valence-electron chi connectivity index (χ1n) is 6.06. The van der Waals surface area contributed by atoms with E-state index in [1.165, 1.54) is 6.07 Å². The third-order valence-corrected chi connectivity index (χ3v) is 3.37. The molecule has 0 amide bonds. The molecule has 0 aliphatic carbocycles. The smallest absolute Gasteiger partial charge is 0.138 e. The lowest BCUT2D eigenvalue weighted by atomic mass is 10.1. The first kappa shape index (κ1) is 15.7. The van der Waals surface area contributed by atoms with Crippen LogP contribution in [0.4, 0.5) is 4.39 Å². The van der Waals surface area contributed by atoms with Gasteiger partial charge < -0.3 is 9.84 Å². The summed E-state index contributed by atoms with van der Waals surface area (Å²) < 4.78 is 19.1. The minimum absolute atomic E-state index is 0.222. The van der Waals surface area contributed by atoms with Gasteiger partial charge in [-0.15, -0.1) is 0 Å². The molecule has 0 aliphatic rings. The number of halogens is 3. The van der Waals surface area contributed by atoms with Crippen molar-refractivity contribution < 1.29 is 14.2 Å². The molecule has 0 saturated heterocycles. The van der Waals surface area contributed by atoms with Crippen LogP contribution in [0.15, 0.2) is 36.4 Å². The molecule has 0 aromatic heterocycles. The van der Waals surface area contributed by atoms with Crippen LogP contribution >= 0.6 is 23.2 Å². The van der Waals surface area contributed by atoms with Crippen molar-refractivity contribution >= 4 is 23.2 Å². The van der Waals surface area contributed by atoms with Crippen LogP contribution in [-0.4, -0.2) is 11.7 Å². The molecule has 0 spiro atoms. The van der Waals surface area contributed by atoms with E-state index >= 15 is 0 Å². The van der Waals surface area contributed by atoms with Crippen molar-refractivity contribution in [1.82, 2.24) is 0 Å². The number of benzene rings is 2. The van der Waals surface area contributed by atoms with Crippen LogP contribution in [0.5, 0.6) is 5.75 Å². The van der Waals surface area contributed by atoms with Crippen molar-refractivity contribution in [1.29, 1.82) is 0 Å². The normalized spacial score (nSPS) is 9.90. The first-order chi connectivity index (χ1) is 10.1. The largest absolute Gasteiger partial charge is 0.489 e. The van der Waals surface area contributed by atoms with E-state index in [1.54, 1.807) is 30.3 Å². The third-order valence-electron chi connectivity index (χ3n) is 2.63. The van der Waals surface area contributed by atoms with Crippen molar-refractivity contribution in [3.05, 3.63) is 63.4 Å². The van der Waals surface area contributed by atoms with Crippen LogP contribution in [-0.2, 0) is 6.61 Å². The van der Waals surface area contributed by atoms with E-state index in [4.69, 9.17) is 33.0 Å². The maximum absolute atomic E-state index is 13.5. The Balaban J connectivity index is 2.11. The van der Waals surface area contributed by atoms with E-state index in [1.807, 2.05) is 0 Å². The topological polar surface area (TPSA) is 29.5 Å². The van der Waals surface area contributed by atoms with Gasteiger partial charge in [0.2, 0.25) is 0 Å². The molecular formula is C16H11Cl2FO2. The SMILES string of the molecule is OCC#Cc1cc(COc2ccc(Cl)c(Cl)c2)ccc1F. The first-order valence-corrected chi connectivity index (χ1v) is 6.82. The highest BCUT2D eigenvalue weighted by atomic mass is 35.5. The van der Waals surface area contributed by atoms with Gasteiger partial charge in [0.25, 0.3) is 0 Å². The fourth-order valence-electron chi connectivity index (χ4n) is 1.63. The van der Waals surface area contributed by atoms with Crippen LogP contribution in [0, 0.1) is 17.7 Å². The lowest BCUT2D eigenvalue weighted by Crippen LogP contribution is -1.97. The molecule has 0 heterocycles. The monoisotopic (exact) mass is 324 g/mol. The minimum atomic E-state index is -0.436. The van der Waals surface area contributed by atoms with Crippen LogP contribution in [0.1, 0.15) is 11.1 Å². The van der Waals surface area contributed by atoms with Crippen LogP contribution < -0.4 is 4.74 Å². The summed E-state index contributed by atoms with van der Waals surface area (Å²) in [6.45, 7) is -0.0739. The molecule has 0 aliphatic heterocycles. The fraction of sp³-hybridized carbons (Fsp3) is 0.125. The predicted molar refractivity (Wildman–Crippen MR) is 81.2 cm³/mol. The van der Waals surface area contributed by atoms with Gasteiger partial charge in [-0.2, -0.15) is 0 Å². The van der Waals surface area contributed by atoms with Crippen molar-refractivity contribution in [2.24, 2.45) is 0 Å². The summed E-state index contributed by atoms with van der Waals surface area (Å²) >= 11 is 11.7. The van der Waals surface area contributed by atoms with Gasteiger partial charge in [0.15, 0.2) is 0 Å². The highest BCUT2D eigenvalue weighted by Gasteiger charge is 2.04. The lowest BCUT2D eigenvalue weighted by Gasteiger charge is -2.08. The average molecular weight is 325 g/mol. The van der Waals surface area contributed by atoms with E-state index in [-0.39, 0.29) is 18.8 Å². The van der Waals surface area contributed by atoms with E-state index in [2.05, 4.69) is 11.8 Å². The Kier molecular flexibility index (Phi) is 5.46. The molecular weight excluding hydrogens is 314 g/mol. The zero-order valence-corrected chi connectivity index (χ0v) is 12.4. The Bertz CT molecular complexity index is 705. The summed E-state index contributed by atoms with van der Waals surface area (Å²) in [5.74, 6) is 5.09. The molecule has 2 nitrogen and oxygen atoms in total. The summed E-state index contributed by atoms with van der Waals surface area (Å²) in [5.41, 5.74) is 0.976. The standard InChI is InChI=1S/C16H11Cl2FO2/c17-14-5-4-13(9-15(14)18)21-10-11-3-6-16(19)12(8-11)2-1-7-20/h3-6,8-9,20H,7,10H2. The fourth-order valence-corrected chi connectivity index (χ4v) is 1.91. The highest BCUT2D eigenvalue weighted by molar-refractivity contribution is 6.42. The second-order valence-electron chi connectivity index (χ2n) is 4.14. The van der Waals surface area contributed by atoms with Gasteiger partial charge in [-0.3, -0.25) is 0 Å². The maximum Gasteiger partial charge on any atom is 0.138 e. The Morgan fingerprint density at radius 3 is 2.62 bits per heavy atom. The Morgan fingerprint density at radius 1 is 1.10 bits per heavy atom. The summed E-state index contributed by atoms with van der Waals surface area (Å²) in [6, 6.07) is 9.45. The lowest BCUT2D eigenvalue weighted by molar-refractivity contribution is 0.306. The average Bonchev–Trinajstić information content (AvgIpc) is 2.48. The van der Waals surface area contributed by atoms with Crippen molar-refractivity contribution in [3.8, 4) is 17.6 Å². The number of rotatable bonds is 3. The summed E-state index contributed by atoms with van der Waals surface area (Å²) in [7, 11) is 0. The van der Waals surface area contributed by atoms with Crippen LogP contribution in [0.25, 0.3) is 0 Å². The van der Waals surface area contributed by atoms with Crippen molar-refractivity contribution in [3.63, 3.8) is 0 Å². The van der Waals surface area contributed by atoms with Crippen molar-refractivity contribution in [2.45, 2.75) is 6.61 Å². The molecule has 1 N–H and O–H groups in total. The van der Waals surface area contributed by atoms with Gasteiger partial charge in [0, 0.05) is 6.07 Å².